The number of anilines is 2. The number of halogens is 1. The lowest BCUT2D eigenvalue weighted by Crippen LogP contribution is -2.47. The van der Waals surface area contributed by atoms with E-state index in [2.05, 4.69) is 15.6 Å². The largest absolute Gasteiger partial charge is 0.444 e. The number of piperidine rings is 1. The molecule has 2 amide bonds. The van der Waals surface area contributed by atoms with Crippen molar-refractivity contribution in [3.63, 3.8) is 0 Å². The second-order valence-electron chi connectivity index (χ2n) is 8.27. The van der Waals surface area contributed by atoms with Gasteiger partial charge in [0.05, 0.1) is 5.56 Å². The van der Waals surface area contributed by atoms with Gasteiger partial charge in [0.25, 0.3) is 5.91 Å². The minimum atomic E-state index is -0.538. The number of ether oxygens (including phenoxy) is 1. The zero-order valence-corrected chi connectivity index (χ0v) is 18.2. The van der Waals surface area contributed by atoms with Gasteiger partial charge in [0, 0.05) is 36.0 Å². The van der Waals surface area contributed by atoms with E-state index in [0.717, 1.165) is 12.8 Å². The van der Waals surface area contributed by atoms with Crippen LogP contribution in [0.4, 0.5) is 16.3 Å². The number of likely N-dealkylation sites (tertiary alicyclic amines) is 1. The van der Waals surface area contributed by atoms with Crippen LogP contribution in [0.25, 0.3) is 0 Å². The van der Waals surface area contributed by atoms with Crippen LogP contribution in [0.2, 0.25) is 5.02 Å². The molecule has 0 unspecified atom stereocenters. The maximum absolute atomic E-state index is 12.8. The summed E-state index contributed by atoms with van der Waals surface area (Å²) in [5, 5.41) is 6.71. The number of aromatic nitrogens is 1. The molecular formula is C22H27ClN4O3. The molecule has 2 aromatic rings. The summed E-state index contributed by atoms with van der Waals surface area (Å²) in [5.74, 6) is 0.195. The fourth-order valence-electron chi connectivity index (χ4n) is 3.25. The standard InChI is InChI=1S/C22H27ClN4O3/c1-22(2,3)30-21(29)27-12-6-9-17(14-27)25-19-18(10-5-11-24-19)20(28)26-16-8-4-7-15(23)13-16/h4-5,7-8,10-11,13,17H,6,9,12,14H2,1-3H3,(H,24,25)(H,26,28)/t17-/m1/s1. The van der Waals surface area contributed by atoms with Crippen LogP contribution < -0.4 is 10.6 Å². The maximum Gasteiger partial charge on any atom is 0.410 e. The highest BCUT2D eigenvalue weighted by Gasteiger charge is 2.28. The van der Waals surface area contributed by atoms with Crippen molar-refractivity contribution in [2.24, 2.45) is 0 Å². The van der Waals surface area contributed by atoms with Gasteiger partial charge in [-0.1, -0.05) is 17.7 Å². The minimum Gasteiger partial charge on any atom is -0.444 e. The number of nitrogens with zero attached hydrogens (tertiary/aromatic N) is 2. The van der Waals surface area contributed by atoms with Gasteiger partial charge in [-0.15, -0.1) is 0 Å². The first kappa shape index (κ1) is 21.9. The monoisotopic (exact) mass is 430 g/mol. The number of pyridine rings is 1. The Bertz CT molecular complexity index is 913. The van der Waals surface area contributed by atoms with E-state index in [1.165, 1.54) is 0 Å². The Kier molecular flexibility index (Phi) is 6.82. The van der Waals surface area contributed by atoms with Crippen LogP contribution in [-0.2, 0) is 4.74 Å². The predicted octanol–water partition coefficient (Wildman–Crippen LogP) is 4.80. The molecule has 0 aliphatic carbocycles. The lowest BCUT2D eigenvalue weighted by Gasteiger charge is -2.34. The van der Waals surface area contributed by atoms with Gasteiger partial charge in [0.2, 0.25) is 0 Å². The summed E-state index contributed by atoms with van der Waals surface area (Å²) in [4.78, 5) is 31.2. The molecule has 0 spiro atoms. The van der Waals surface area contributed by atoms with E-state index in [4.69, 9.17) is 16.3 Å². The highest BCUT2D eigenvalue weighted by Crippen LogP contribution is 2.21. The predicted molar refractivity (Wildman–Crippen MR) is 118 cm³/mol. The number of rotatable bonds is 4. The molecule has 8 heteroatoms. The van der Waals surface area contributed by atoms with Gasteiger partial charge in [-0.3, -0.25) is 4.79 Å². The van der Waals surface area contributed by atoms with Crippen molar-refractivity contribution in [3.05, 3.63) is 53.2 Å². The first-order valence-corrected chi connectivity index (χ1v) is 10.4. The summed E-state index contributed by atoms with van der Waals surface area (Å²) in [7, 11) is 0. The van der Waals surface area contributed by atoms with E-state index in [0.29, 0.717) is 35.2 Å². The lowest BCUT2D eigenvalue weighted by atomic mass is 10.1. The summed E-state index contributed by atoms with van der Waals surface area (Å²) >= 11 is 6.00. The van der Waals surface area contributed by atoms with E-state index < -0.39 is 5.60 Å². The fourth-order valence-corrected chi connectivity index (χ4v) is 3.44. The van der Waals surface area contributed by atoms with Crippen molar-refractivity contribution < 1.29 is 14.3 Å². The third kappa shape index (κ3) is 6.10. The SMILES string of the molecule is CC(C)(C)OC(=O)N1CCC[C@@H](Nc2ncccc2C(=O)Nc2cccc(Cl)c2)C1. The van der Waals surface area contributed by atoms with Gasteiger partial charge in [-0.05, 0) is 63.9 Å². The van der Waals surface area contributed by atoms with Crippen LogP contribution in [0.5, 0.6) is 0 Å². The molecule has 0 saturated carbocycles. The normalized spacial score (nSPS) is 16.7. The molecule has 0 bridgehead atoms. The number of amides is 2. The fraction of sp³-hybridized carbons (Fsp3) is 0.409. The molecule has 1 aliphatic heterocycles. The smallest absolute Gasteiger partial charge is 0.410 e. The summed E-state index contributed by atoms with van der Waals surface area (Å²) < 4.78 is 5.48. The second-order valence-corrected chi connectivity index (χ2v) is 8.71. The van der Waals surface area contributed by atoms with Crippen LogP contribution in [-0.4, -0.2) is 46.6 Å². The topological polar surface area (TPSA) is 83.6 Å². The van der Waals surface area contributed by atoms with Gasteiger partial charge in [-0.25, -0.2) is 9.78 Å². The summed E-state index contributed by atoms with van der Waals surface area (Å²) in [6.45, 7) is 6.69. The van der Waals surface area contributed by atoms with Crippen molar-refractivity contribution in [1.82, 2.24) is 9.88 Å². The molecule has 1 fully saturated rings. The number of hydrogen-bond donors (Lipinski definition) is 2. The highest BCUT2D eigenvalue weighted by molar-refractivity contribution is 6.31. The van der Waals surface area contributed by atoms with Gasteiger partial charge < -0.3 is 20.3 Å². The van der Waals surface area contributed by atoms with E-state index in [-0.39, 0.29) is 18.0 Å². The van der Waals surface area contributed by atoms with Crippen LogP contribution in [0.1, 0.15) is 44.0 Å². The lowest BCUT2D eigenvalue weighted by molar-refractivity contribution is 0.0206. The van der Waals surface area contributed by atoms with E-state index >= 15 is 0 Å². The molecule has 1 atom stereocenters. The molecule has 7 nitrogen and oxygen atoms in total. The Morgan fingerprint density at radius 2 is 2.03 bits per heavy atom. The Balaban J connectivity index is 1.68. The van der Waals surface area contributed by atoms with Crippen LogP contribution in [0.3, 0.4) is 0 Å². The Hall–Kier alpha value is -2.80. The van der Waals surface area contributed by atoms with Crippen molar-refractivity contribution in [2.45, 2.75) is 45.3 Å². The van der Waals surface area contributed by atoms with Crippen molar-refractivity contribution in [3.8, 4) is 0 Å². The summed E-state index contributed by atoms with van der Waals surface area (Å²) in [5.41, 5.74) is 0.493. The zero-order chi connectivity index (χ0) is 21.7. The van der Waals surface area contributed by atoms with Crippen molar-refractivity contribution >= 4 is 35.1 Å². The Morgan fingerprint density at radius 3 is 2.77 bits per heavy atom. The first-order chi connectivity index (χ1) is 14.2. The molecule has 30 heavy (non-hydrogen) atoms. The van der Waals surface area contributed by atoms with Gasteiger partial charge in [0.1, 0.15) is 11.4 Å². The molecule has 1 saturated heterocycles. The van der Waals surface area contributed by atoms with Crippen LogP contribution in [0, 0.1) is 0 Å². The molecule has 2 N–H and O–H groups in total. The number of hydrogen-bond acceptors (Lipinski definition) is 5. The van der Waals surface area contributed by atoms with Crippen molar-refractivity contribution in [1.29, 1.82) is 0 Å². The number of carbonyl (C=O) groups excluding carboxylic acids is 2. The van der Waals surface area contributed by atoms with E-state index in [9.17, 15) is 9.59 Å². The summed E-state index contributed by atoms with van der Waals surface area (Å²) in [6, 6.07) is 10.4. The van der Waals surface area contributed by atoms with E-state index in [1.807, 2.05) is 20.8 Å². The number of benzene rings is 1. The maximum atomic E-state index is 12.8. The van der Waals surface area contributed by atoms with Gasteiger partial charge in [-0.2, -0.15) is 0 Å². The molecule has 2 heterocycles. The molecular weight excluding hydrogens is 404 g/mol. The molecule has 1 aliphatic rings. The minimum absolute atomic E-state index is 0.0288. The molecule has 160 valence electrons. The molecule has 3 rings (SSSR count). The number of nitrogens with one attached hydrogen (secondary N) is 2. The average molecular weight is 431 g/mol. The Labute approximate surface area is 181 Å². The van der Waals surface area contributed by atoms with Crippen LogP contribution in [0.15, 0.2) is 42.6 Å². The Morgan fingerprint density at radius 1 is 1.23 bits per heavy atom. The van der Waals surface area contributed by atoms with Gasteiger partial charge >= 0.3 is 6.09 Å². The van der Waals surface area contributed by atoms with Crippen molar-refractivity contribution in [2.75, 3.05) is 23.7 Å². The highest BCUT2D eigenvalue weighted by atomic mass is 35.5. The number of carbonyl (C=O) groups is 2. The third-order valence-electron chi connectivity index (χ3n) is 4.55. The second kappa shape index (κ2) is 9.34. The summed E-state index contributed by atoms with van der Waals surface area (Å²) in [6.07, 6.45) is 3.01. The average Bonchev–Trinajstić information content (AvgIpc) is 2.67. The molecule has 1 aromatic carbocycles. The van der Waals surface area contributed by atoms with E-state index in [1.54, 1.807) is 47.5 Å². The van der Waals surface area contributed by atoms with Gasteiger partial charge in [0.15, 0.2) is 0 Å². The molecule has 0 radical (unpaired) electrons. The first-order valence-electron chi connectivity index (χ1n) is 9.98. The quantitative estimate of drug-likeness (QED) is 0.727. The van der Waals surface area contributed by atoms with Crippen LogP contribution >= 0.6 is 11.6 Å². The molecule has 1 aromatic heterocycles. The zero-order valence-electron chi connectivity index (χ0n) is 17.4. The third-order valence-corrected chi connectivity index (χ3v) is 4.78.